The second-order valence-corrected chi connectivity index (χ2v) is 6.71. The Hall–Kier alpha value is -0.990. The Bertz CT molecular complexity index is 555. The molecule has 1 saturated carbocycles. The Morgan fingerprint density at radius 2 is 2.28 bits per heavy atom. The molecule has 1 heterocycles. The molecular formula is C10H16N4O2S2. The van der Waals surface area contributed by atoms with Crippen molar-refractivity contribution in [1.82, 2.24) is 14.3 Å². The van der Waals surface area contributed by atoms with E-state index in [0.29, 0.717) is 5.82 Å². The Morgan fingerprint density at radius 1 is 1.67 bits per heavy atom. The molecule has 1 aliphatic rings. The zero-order chi connectivity index (χ0) is 13.5. The number of hydrogen-bond donors (Lipinski definition) is 2. The van der Waals surface area contributed by atoms with Crippen molar-refractivity contribution in [3.05, 3.63) is 12.0 Å². The van der Waals surface area contributed by atoms with Crippen LogP contribution in [0.5, 0.6) is 0 Å². The van der Waals surface area contributed by atoms with Crippen molar-refractivity contribution in [3.63, 3.8) is 0 Å². The van der Waals surface area contributed by atoms with Gasteiger partial charge >= 0.3 is 0 Å². The van der Waals surface area contributed by atoms with Gasteiger partial charge in [0.25, 0.3) is 10.0 Å². The zero-order valence-electron chi connectivity index (χ0n) is 10.3. The van der Waals surface area contributed by atoms with Crippen molar-refractivity contribution in [2.24, 2.45) is 18.7 Å². The Morgan fingerprint density at radius 3 is 2.67 bits per heavy atom. The molecule has 0 spiro atoms. The maximum atomic E-state index is 12.1. The SMILES string of the molecule is Cc1nc(S(=O)(=O)NC(C(N)=S)C2CC2)cn1C. The first-order valence-electron chi connectivity index (χ1n) is 5.63. The van der Waals surface area contributed by atoms with Crippen LogP contribution in [0.15, 0.2) is 11.2 Å². The molecule has 0 saturated heterocycles. The number of nitrogens with one attached hydrogen (secondary N) is 1. The average molecular weight is 288 g/mol. The predicted molar refractivity (Wildman–Crippen MR) is 71.6 cm³/mol. The van der Waals surface area contributed by atoms with E-state index in [1.165, 1.54) is 6.20 Å². The molecule has 18 heavy (non-hydrogen) atoms. The molecule has 1 unspecified atom stereocenters. The van der Waals surface area contributed by atoms with Gasteiger partial charge in [0.1, 0.15) is 5.82 Å². The summed E-state index contributed by atoms with van der Waals surface area (Å²) in [6.07, 6.45) is 3.37. The summed E-state index contributed by atoms with van der Waals surface area (Å²) in [4.78, 5) is 4.19. The van der Waals surface area contributed by atoms with E-state index >= 15 is 0 Å². The molecule has 8 heteroatoms. The van der Waals surface area contributed by atoms with E-state index in [2.05, 4.69) is 9.71 Å². The molecule has 1 aliphatic carbocycles. The van der Waals surface area contributed by atoms with Crippen molar-refractivity contribution < 1.29 is 8.42 Å². The maximum Gasteiger partial charge on any atom is 0.260 e. The van der Waals surface area contributed by atoms with Gasteiger partial charge < -0.3 is 10.3 Å². The summed E-state index contributed by atoms with van der Waals surface area (Å²) in [6, 6.07) is -0.465. The number of aryl methyl sites for hydroxylation is 2. The lowest BCUT2D eigenvalue weighted by Gasteiger charge is -2.15. The Balaban J connectivity index is 2.23. The number of hydrogen-bond acceptors (Lipinski definition) is 4. The fourth-order valence-electron chi connectivity index (χ4n) is 1.70. The number of sulfonamides is 1. The first-order chi connectivity index (χ1) is 8.31. The first-order valence-corrected chi connectivity index (χ1v) is 7.52. The van der Waals surface area contributed by atoms with Gasteiger partial charge in [-0.2, -0.15) is 4.72 Å². The molecule has 0 aliphatic heterocycles. The fourth-order valence-corrected chi connectivity index (χ4v) is 3.35. The van der Waals surface area contributed by atoms with Crippen LogP contribution in [-0.4, -0.2) is 29.0 Å². The van der Waals surface area contributed by atoms with Gasteiger partial charge in [0, 0.05) is 13.2 Å². The molecular weight excluding hydrogens is 272 g/mol. The normalized spacial score (nSPS) is 17.7. The van der Waals surface area contributed by atoms with Crippen LogP contribution >= 0.6 is 12.2 Å². The van der Waals surface area contributed by atoms with Crippen LogP contribution in [0.3, 0.4) is 0 Å². The van der Waals surface area contributed by atoms with E-state index in [1.54, 1.807) is 18.5 Å². The topological polar surface area (TPSA) is 90.0 Å². The molecule has 1 atom stereocenters. The van der Waals surface area contributed by atoms with Crippen molar-refractivity contribution in [2.45, 2.75) is 30.8 Å². The van der Waals surface area contributed by atoms with E-state index in [-0.39, 0.29) is 15.9 Å². The van der Waals surface area contributed by atoms with Crippen LogP contribution in [0.2, 0.25) is 0 Å². The monoisotopic (exact) mass is 288 g/mol. The highest BCUT2D eigenvalue weighted by Gasteiger charge is 2.36. The first kappa shape index (κ1) is 13.4. The van der Waals surface area contributed by atoms with Crippen molar-refractivity contribution in [1.29, 1.82) is 0 Å². The number of aromatic nitrogens is 2. The summed E-state index contributed by atoms with van der Waals surface area (Å²) in [5.74, 6) is 0.857. The summed E-state index contributed by atoms with van der Waals surface area (Å²) in [7, 11) is -1.92. The van der Waals surface area contributed by atoms with Gasteiger partial charge in [-0.1, -0.05) is 12.2 Å². The van der Waals surface area contributed by atoms with Crippen LogP contribution in [0.4, 0.5) is 0 Å². The predicted octanol–water partition coefficient (Wildman–Crippen LogP) is 0.0715. The van der Waals surface area contributed by atoms with Crippen LogP contribution < -0.4 is 10.5 Å². The molecule has 0 amide bonds. The number of imidazole rings is 1. The van der Waals surface area contributed by atoms with E-state index in [4.69, 9.17) is 18.0 Å². The van der Waals surface area contributed by atoms with Crippen LogP contribution in [0.1, 0.15) is 18.7 Å². The second kappa shape index (κ2) is 4.60. The van der Waals surface area contributed by atoms with Crippen molar-refractivity contribution in [3.8, 4) is 0 Å². The third kappa shape index (κ3) is 2.70. The van der Waals surface area contributed by atoms with Gasteiger partial charge in [0.2, 0.25) is 0 Å². The van der Waals surface area contributed by atoms with Gasteiger partial charge in [-0.05, 0) is 25.7 Å². The molecule has 0 bridgehead atoms. The Kier molecular flexibility index (Phi) is 3.43. The highest BCUT2D eigenvalue weighted by Crippen LogP contribution is 2.33. The molecule has 2 rings (SSSR count). The van der Waals surface area contributed by atoms with Crippen molar-refractivity contribution in [2.75, 3.05) is 0 Å². The number of thiocarbonyl (C=S) groups is 1. The van der Waals surface area contributed by atoms with E-state index in [0.717, 1.165) is 12.8 Å². The summed E-state index contributed by atoms with van der Waals surface area (Å²) in [5, 5.41) is 0.00407. The number of nitrogens with zero attached hydrogens (tertiary/aromatic N) is 2. The minimum Gasteiger partial charge on any atom is -0.392 e. The molecule has 0 radical (unpaired) electrons. The Labute approximate surface area is 112 Å². The average Bonchev–Trinajstić information content (AvgIpc) is 3.03. The number of nitrogens with two attached hydrogens (primary N) is 1. The third-order valence-electron chi connectivity index (χ3n) is 3.04. The molecule has 1 fully saturated rings. The van der Waals surface area contributed by atoms with Crippen LogP contribution in [0.25, 0.3) is 0 Å². The van der Waals surface area contributed by atoms with Gasteiger partial charge in [0.15, 0.2) is 5.03 Å². The lowest BCUT2D eigenvalue weighted by atomic mass is 10.2. The quantitative estimate of drug-likeness (QED) is 0.748. The fraction of sp³-hybridized carbons (Fsp3) is 0.600. The van der Waals surface area contributed by atoms with Crippen molar-refractivity contribution >= 4 is 27.2 Å². The lowest BCUT2D eigenvalue weighted by molar-refractivity contribution is 0.561. The van der Waals surface area contributed by atoms with Gasteiger partial charge in [-0.15, -0.1) is 0 Å². The molecule has 1 aromatic rings. The highest BCUT2D eigenvalue weighted by atomic mass is 32.2. The van der Waals surface area contributed by atoms with Gasteiger partial charge in [0.05, 0.1) is 11.0 Å². The van der Waals surface area contributed by atoms with Gasteiger partial charge in [-0.25, -0.2) is 13.4 Å². The minimum atomic E-state index is -3.66. The smallest absolute Gasteiger partial charge is 0.260 e. The summed E-state index contributed by atoms with van der Waals surface area (Å²) in [5.41, 5.74) is 5.58. The van der Waals surface area contributed by atoms with E-state index in [9.17, 15) is 8.42 Å². The third-order valence-corrected chi connectivity index (χ3v) is 4.61. The standard InChI is InChI=1S/C10H16N4O2S2/c1-6-12-8(5-14(6)2)18(15,16)13-9(10(11)17)7-3-4-7/h5,7,9,13H,3-4H2,1-2H3,(H2,11,17). The largest absolute Gasteiger partial charge is 0.392 e. The van der Waals surface area contributed by atoms with Gasteiger partial charge in [-0.3, -0.25) is 0 Å². The molecule has 3 N–H and O–H groups in total. The minimum absolute atomic E-state index is 0.00407. The van der Waals surface area contributed by atoms with Crippen LogP contribution in [0, 0.1) is 12.8 Å². The molecule has 6 nitrogen and oxygen atoms in total. The molecule has 1 aromatic heterocycles. The highest BCUT2D eigenvalue weighted by molar-refractivity contribution is 7.89. The lowest BCUT2D eigenvalue weighted by Crippen LogP contribution is -2.45. The maximum absolute atomic E-state index is 12.1. The summed E-state index contributed by atoms with van der Waals surface area (Å²) in [6.45, 7) is 1.74. The van der Waals surface area contributed by atoms with Crippen LogP contribution in [-0.2, 0) is 17.1 Å². The van der Waals surface area contributed by atoms with E-state index in [1.807, 2.05) is 0 Å². The van der Waals surface area contributed by atoms with E-state index < -0.39 is 16.1 Å². The zero-order valence-corrected chi connectivity index (χ0v) is 11.9. The summed E-state index contributed by atoms with van der Waals surface area (Å²) >= 11 is 4.91. The number of rotatable bonds is 5. The molecule has 100 valence electrons. The molecule has 0 aromatic carbocycles. The summed E-state index contributed by atoms with van der Waals surface area (Å²) < 4.78 is 28.5. The second-order valence-electron chi connectivity index (χ2n) is 4.58.